The van der Waals surface area contributed by atoms with Gasteiger partial charge in [0.05, 0.1) is 17.0 Å². The number of fused-ring (bicyclic) bond motifs is 1. The lowest BCUT2D eigenvalue weighted by atomic mass is 10.1. The van der Waals surface area contributed by atoms with Gasteiger partial charge in [-0.05, 0) is 23.8 Å². The molecule has 1 aromatic heterocycles. The summed E-state index contributed by atoms with van der Waals surface area (Å²) in [5.41, 5.74) is 0.841. The molecule has 0 saturated carbocycles. The molecule has 0 aliphatic heterocycles. The van der Waals surface area contributed by atoms with Crippen LogP contribution in [0.25, 0.3) is 10.1 Å². The summed E-state index contributed by atoms with van der Waals surface area (Å²) in [6.07, 6.45) is -0.702. The van der Waals surface area contributed by atoms with Gasteiger partial charge >= 0.3 is 0 Å². The average Bonchev–Trinajstić information content (AvgIpc) is 2.84. The molecule has 3 aromatic rings. The highest BCUT2D eigenvalue weighted by Crippen LogP contribution is 2.42. The summed E-state index contributed by atoms with van der Waals surface area (Å²) in [5.74, 6) is 0.788. The van der Waals surface area contributed by atoms with Crippen LogP contribution in [0.3, 0.4) is 0 Å². The number of methoxy groups -OCH3 is 1. The van der Waals surface area contributed by atoms with Gasteiger partial charge in [-0.1, -0.05) is 41.9 Å². The highest BCUT2D eigenvalue weighted by molar-refractivity contribution is 7.19. The van der Waals surface area contributed by atoms with Gasteiger partial charge in [-0.25, -0.2) is 0 Å². The molecule has 2 nitrogen and oxygen atoms in total. The first-order chi connectivity index (χ1) is 9.70. The van der Waals surface area contributed by atoms with Crippen molar-refractivity contribution in [3.63, 3.8) is 0 Å². The topological polar surface area (TPSA) is 29.5 Å². The summed E-state index contributed by atoms with van der Waals surface area (Å²) in [5, 5.41) is 12.1. The standard InChI is InChI=1S/C16H13ClO2S/c1-19-11-7-8-12-13(9-11)20-16(14(12)17)15(18)10-5-3-2-4-6-10/h2-9,15,18H,1H3. The maximum Gasteiger partial charge on any atom is 0.120 e. The van der Waals surface area contributed by atoms with Gasteiger partial charge in [0, 0.05) is 10.1 Å². The number of benzene rings is 2. The van der Waals surface area contributed by atoms with Crippen LogP contribution >= 0.6 is 22.9 Å². The average molecular weight is 305 g/mol. The Morgan fingerprint density at radius 2 is 1.90 bits per heavy atom. The van der Waals surface area contributed by atoms with Crippen molar-refractivity contribution in [2.24, 2.45) is 0 Å². The normalized spacial score (nSPS) is 12.6. The van der Waals surface area contributed by atoms with Crippen LogP contribution in [0, 0.1) is 0 Å². The van der Waals surface area contributed by atoms with E-state index in [9.17, 15) is 5.11 Å². The van der Waals surface area contributed by atoms with E-state index >= 15 is 0 Å². The van der Waals surface area contributed by atoms with Crippen LogP contribution in [0.2, 0.25) is 5.02 Å². The molecule has 0 aliphatic carbocycles. The highest BCUT2D eigenvalue weighted by atomic mass is 35.5. The number of rotatable bonds is 3. The molecule has 1 heterocycles. The van der Waals surface area contributed by atoms with Crippen molar-refractivity contribution in [2.75, 3.05) is 7.11 Å². The quantitative estimate of drug-likeness (QED) is 0.763. The first kappa shape index (κ1) is 13.4. The summed E-state index contributed by atoms with van der Waals surface area (Å²) < 4.78 is 6.23. The van der Waals surface area contributed by atoms with Crippen LogP contribution in [-0.2, 0) is 0 Å². The molecule has 1 atom stereocenters. The van der Waals surface area contributed by atoms with E-state index in [0.717, 1.165) is 26.3 Å². The number of aliphatic hydroxyl groups excluding tert-OH is 1. The Kier molecular flexibility index (Phi) is 3.66. The summed E-state index contributed by atoms with van der Waals surface area (Å²) in [7, 11) is 1.64. The van der Waals surface area contributed by atoms with Gasteiger partial charge in [-0.15, -0.1) is 11.3 Å². The fourth-order valence-electron chi connectivity index (χ4n) is 2.15. The molecule has 2 aromatic carbocycles. The molecule has 0 bridgehead atoms. The molecule has 1 N–H and O–H groups in total. The van der Waals surface area contributed by atoms with Crippen molar-refractivity contribution in [3.8, 4) is 5.75 Å². The Bertz CT molecular complexity index is 737. The molecule has 0 aliphatic rings. The van der Waals surface area contributed by atoms with Crippen molar-refractivity contribution in [3.05, 3.63) is 64.0 Å². The number of hydrogen-bond donors (Lipinski definition) is 1. The van der Waals surface area contributed by atoms with E-state index in [1.807, 2.05) is 48.5 Å². The SMILES string of the molecule is COc1ccc2c(Cl)c(C(O)c3ccccc3)sc2c1. The minimum absolute atomic E-state index is 0.615. The van der Waals surface area contributed by atoms with Gasteiger partial charge in [0.1, 0.15) is 11.9 Å². The lowest BCUT2D eigenvalue weighted by Gasteiger charge is -2.09. The van der Waals surface area contributed by atoms with E-state index in [1.165, 1.54) is 11.3 Å². The second-order valence-corrected chi connectivity index (χ2v) is 5.92. The molecule has 20 heavy (non-hydrogen) atoms. The molecular formula is C16H13ClO2S. The van der Waals surface area contributed by atoms with Crippen molar-refractivity contribution < 1.29 is 9.84 Å². The van der Waals surface area contributed by atoms with Gasteiger partial charge < -0.3 is 9.84 Å². The molecule has 0 amide bonds. The lowest BCUT2D eigenvalue weighted by molar-refractivity contribution is 0.224. The number of halogens is 1. The summed E-state index contributed by atoms with van der Waals surface area (Å²) in [4.78, 5) is 0.765. The predicted molar refractivity (Wildman–Crippen MR) is 83.9 cm³/mol. The molecule has 4 heteroatoms. The monoisotopic (exact) mass is 304 g/mol. The third-order valence-corrected chi connectivity index (χ3v) is 4.95. The van der Waals surface area contributed by atoms with Gasteiger partial charge in [0.15, 0.2) is 0 Å². The molecule has 3 rings (SSSR count). The lowest BCUT2D eigenvalue weighted by Crippen LogP contribution is -1.96. The smallest absolute Gasteiger partial charge is 0.120 e. The van der Waals surface area contributed by atoms with Crippen LogP contribution in [0.1, 0.15) is 16.5 Å². The first-order valence-electron chi connectivity index (χ1n) is 6.19. The van der Waals surface area contributed by atoms with Crippen molar-refractivity contribution in [2.45, 2.75) is 6.10 Å². The minimum Gasteiger partial charge on any atom is -0.497 e. The number of hydrogen-bond acceptors (Lipinski definition) is 3. The highest BCUT2D eigenvalue weighted by Gasteiger charge is 2.19. The second kappa shape index (κ2) is 5.44. The van der Waals surface area contributed by atoms with Crippen LogP contribution < -0.4 is 4.74 Å². The molecule has 0 spiro atoms. The zero-order valence-electron chi connectivity index (χ0n) is 10.8. The second-order valence-electron chi connectivity index (χ2n) is 4.46. The number of aliphatic hydroxyl groups is 1. The minimum atomic E-state index is -0.702. The Morgan fingerprint density at radius 1 is 1.15 bits per heavy atom. The third-order valence-electron chi connectivity index (χ3n) is 3.23. The van der Waals surface area contributed by atoms with Gasteiger partial charge in [-0.2, -0.15) is 0 Å². The maximum absolute atomic E-state index is 10.5. The Balaban J connectivity index is 2.10. The van der Waals surface area contributed by atoms with Gasteiger partial charge in [-0.3, -0.25) is 0 Å². The van der Waals surface area contributed by atoms with Crippen LogP contribution in [0.4, 0.5) is 0 Å². The fourth-order valence-corrected chi connectivity index (χ4v) is 3.73. The predicted octanol–water partition coefficient (Wildman–Crippen LogP) is 4.65. The molecule has 0 saturated heterocycles. The Labute approximate surface area is 126 Å². The Hall–Kier alpha value is -1.55. The number of thiophene rings is 1. The van der Waals surface area contributed by atoms with Crippen molar-refractivity contribution in [1.82, 2.24) is 0 Å². The van der Waals surface area contributed by atoms with E-state index in [1.54, 1.807) is 7.11 Å². The molecular weight excluding hydrogens is 292 g/mol. The number of ether oxygens (including phenoxy) is 1. The largest absolute Gasteiger partial charge is 0.497 e. The van der Waals surface area contributed by atoms with E-state index < -0.39 is 6.10 Å². The summed E-state index contributed by atoms with van der Waals surface area (Å²) in [6.45, 7) is 0. The van der Waals surface area contributed by atoms with Crippen LogP contribution in [0.15, 0.2) is 48.5 Å². The zero-order chi connectivity index (χ0) is 14.1. The van der Waals surface area contributed by atoms with E-state index in [4.69, 9.17) is 16.3 Å². The zero-order valence-corrected chi connectivity index (χ0v) is 12.4. The van der Waals surface area contributed by atoms with E-state index in [-0.39, 0.29) is 0 Å². The molecule has 102 valence electrons. The molecule has 1 unspecified atom stereocenters. The molecule has 0 radical (unpaired) electrons. The summed E-state index contributed by atoms with van der Waals surface area (Å²) >= 11 is 7.90. The fraction of sp³-hybridized carbons (Fsp3) is 0.125. The third kappa shape index (κ3) is 2.29. The van der Waals surface area contributed by atoms with Gasteiger partial charge in [0.2, 0.25) is 0 Å². The Morgan fingerprint density at radius 3 is 2.60 bits per heavy atom. The van der Waals surface area contributed by atoms with Gasteiger partial charge in [0.25, 0.3) is 0 Å². The first-order valence-corrected chi connectivity index (χ1v) is 7.39. The maximum atomic E-state index is 10.5. The summed E-state index contributed by atoms with van der Waals surface area (Å²) in [6, 6.07) is 15.3. The van der Waals surface area contributed by atoms with Crippen LogP contribution in [0.5, 0.6) is 5.75 Å². The van der Waals surface area contributed by atoms with E-state index in [0.29, 0.717) is 5.02 Å². The van der Waals surface area contributed by atoms with Crippen molar-refractivity contribution in [1.29, 1.82) is 0 Å². The van der Waals surface area contributed by atoms with Crippen molar-refractivity contribution >= 4 is 33.0 Å². The van der Waals surface area contributed by atoms with Crippen LogP contribution in [-0.4, -0.2) is 12.2 Å². The van der Waals surface area contributed by atoms with E-state index in [2.05, 4.69) is 0 Å². The molecule has 0 fully saturated rings.